The molecule has 6 nitrogen and oxygen atoms in total. The molecule has 0 aliphatic carbocycles. The Hall–Kier alpha value is -2.03. The molecule has 0 bridgehead atoms. The average Bonchev–Trinajstić information content (AvgIpc) is 2.57. The Kier molecular flexibility index (Phi) is 7.89. The zero-order valence-electron chi connectivity index (χ0n) is 17.4. The lowest BCUT2D eigenvalue weighted by molar-refractivity contribution is -0.142. The third-order valence-corrected chi connectivity index (χ3v) is 13.5. The summed E-state index contributed by atoms with van der Waals surface area (Å²) in [5.74, 6) is -1.48. The van der Waals surface area contributed by atoms with E-state index in [9.17, 15) is 15.1 Å². The first-order valence-electron chi connectivity index (χ1n) is 9.08. The summed E-state index contributed by atoms with van der Waals surface area (Å²) >= 11 is 0. The molecule has 148 valence electrons. The largest absolute Gasteiger partial charge is 0.463 e. The van der Waals surface area contributed by atoms with Crippen LogP contribution in [0.3, 0.4) is 0 Å². The number of methoxy groups -OCH3 is 1. The van der Waals surface area contributed by atoms with E-state index in [0.29, 0.717) is 13.0 Å². The van der Waals surface area contributed by atoms with Crippen molar-refractivity contribution in [1.82, 2.24) is 4.90 Å². The zero-order chi connectivity index (χ0) is 20.8. The van der Waals surface area contributed by atoms with Crippen LogP contribution in [0, 0.1) is 0 Å². The van der Waals surface area contributed by atoms with Gasteiger partial charge < -0.3 is 15.2 Å². The lowest BCUT2D eigenvalue weighted by Gasteiger charge is -2.45. The van der Waals surface area contributed by atoms with Gasteiger partial charge in [0.1, 0.15) is 0 Å². The van der Waals surface area contributed by atoms with E-state index in [1.54, 1.807) is 4.90 Å². The van der Waals surface area contributed by atoms with Gasteiger partial charge in [0, 0.05) is 11.8 Å². The van der Waals surface area contributed by atoms with E-state index in [0.717, 1.165) is 5.56 Å². The first-order valence-corrected chi connectivity index (χ1v) is 16.2. The summed E-state index contributed by atoms with van der Waals surface area (Å²) in [4.78, 5) is 29.9. The quantitative estimate of drug-likeness (QED) is 0.166. The predicted octanol–water partition coefficient (Wildman–Crippen LogP) is 3.02. The molecule has 0 radical (unpaired) electrons. The van der Waals surface area contributed by atoms with Crippen LogP contribution in [-0.2, 0) is 20.7 Å². The van der Waals surface area contributed by atoms with Gasteiger partial charge in [0.2, 0.25) is 0 Å². The summed E-state index contributed by atoms with van der Waals surface area (Å²) in [6, 6.07) is 9.91. The number of rotatable bonds is 8. The van der Waals surface area contributed by atoms with Crippen LogP contribution in [0.4, 0.5) is 0 Å². The van der Waals surface area contributed by atoms with Crippen molar-refractivity contribution in [3.8, 4) is 0 Å². The highest BCUT2D eigenvalue weighted by Crippen LogP contribution is 2.25. The van der Waals surface area contributed by atoms with Crippen LogP contribution in [0.25, 0.3) is 5.53 Å². The van der Waals surface area contributed by atoms with Gasteiger partial charge in [0.05, 0.1) is 23.3 Å². The first kappa shape index (κ1) is 23.0. The second-order valence-electron chi connectivity index (χ2n) is 8.81. The Balaban J connectivity index is 3.35. The molecule has 27 heavy (non-hydrogen) atoms. The van der Waals surface area contributed by atoms with E-state index >= 15 is 0 Å². The third kappa shape index (κ3) is 6.27. The molecule has 0 saturated carbocycles. The molecule has 0 saturated heterocycles. The number of hydrogen-bond donors (Lipinski definition) is 0. The number of amides is 1. The number of benzene rings is 1. The highest BCUT2D eigenvalue weighted by atomic mass is 28.4. The predicted molar refractivity (Wildman–Crippen MR) is 113 cm³/mol. The lowest BCUT2D eigenvalue weighted by atomic mass is 10.1. The summed E-state index contributed by atoms with van der Waals surface area (Å²) in [6.07, 6.45) is 0.665. The van der Waals surface area contributed by atoms with Gasteiger partial charge in [-0.3, -0.25) is 4.79 Å². The molecule has 0 aliphatic heterocycles. The maximum atomic E-state index is 13.2. The minimum Gasteiger partial charge on any atom is -0.460 e. The molecule has 0 aromatic heterocycles. The number of ether oxygens (including phenoxy) is 1. The monoisotopic (exact) mass is 405 g/mol. The smallest absolute Gasteiger partial charge is 0.460 e. The average molecular weight is 406 g/mol. The summed E-state index contributed by atoms with van der Waals surface area (Å²) in [5.41, 5.74) is 9.83. The molecule has 1 aromatic rings. The Bertz CT molecular complexity index is 704. The number of carbonyl (C=O) groups excluding carboxylic acids is 2. The molecule has 0 aliphatic rings. The van der Waals surface area contributed by atoms with Gasteiger partial charge >= 0.3 is 17.6 Å². The van der Waals surface area contributed by atoms with Gasteiger partial charge in [0.15, 0.2) is 0 Å². The molecule has 1 amide bonds. The Morgan fingerprint density at radius 3 is 2.00 bits per heavy atom. The van der Waals surface area contributed by atoms with Crippen molar-refractivity contribution in [3.63, 3.8) is 0 Å². The SMILES string of the molecule is COC(=O)C(=[N+]=[N-])C(=O)N(CCc1ccccc1)C([Si](C)(C)C)[Si](C)(C)C. The molecule has 1 aromatic carbocycles. The fourth-order valence-corrected chi connectivity index (χ4v) is 16.6. The van der Waals surface area contributed by atoms with Gasteiger partial charge in [-0.05, 0) is 12.0 Å². The molecule has 1 rings (SSSR count). The van der Waals surface area contributed by atoms with Crippen molar-refractivity contribution in [2.45, 2.75) is 51.0 Å². The number of nitrogens with zero attached hydrogens (tertiary/aromatic N) is 3. The first-order chi connectivity index (χ1) is 12.4. The molecule has 0 N–H and O–H groups in total. The maximum absolute atomic E-state index is 13.2. The van der Waals surface area contributed by atoms with Crippen molar-refractivity contribution >= 4 is 33.7 Å². The second-order valence-corrected chi connectivity index (χ2v) is 19.9. The van der Waals surface area contributed by atoms with Crippen LogP contribution < -0.4 is 0 Å². The molecule has 0 spiro atoms. The highest BCUT2D eigenvalue weighted by molar-refractivity contribution is 6.96. The topological polar surface area (TPSA) is 83.0 Å². The minimum absolute atomic E-state index is 0.0719. The lowest BCUT2D eigenvalue weighted by Crippen LogP contribution is -2.66. The molecule has 0 atom stereocenters. The maximum Gasteiger partial charge on any atom is 0.463 e. The fraction of sp³-hybridized carbons (Fsp3) is 0.526. The summed E-state index contributed by atoms with van der Waals surface area (Å²) < 4.78 is 4.63. The van der Waals surface area contributed by atoms with Gasteiger partial charge in [-0.1, -0.05) is 69.6 Å². The van der Waals surface area contributed by atoms with Crippen molar-refractivity contribution in [2.75, 3.05) is 13.7 Å². The standard InChI is InChI=1S/C19H31N3O3Si2/c1-25-18(24)16(21-20)17(23)22(14-13-15-11-9-8-10-12-15)19(26(2,3)4)27(5,6)7/h8-12,19H,13-14H2,1-7H3. The van der Waals surface area contributed by atoms with Crippen LogP contribution in [0.2, 0.25) is 39.3 Å². The Labute approximate surface area is 164 Å². The van der Waals surface area contributed by atoms with Crippen LogP contribution in [0.1, 0.15) is 5.56 Å². The minimum atomic E-state index is -1.81. The van der Waals surface area contributed by atoms with Gasteiger partial charge in [-0.2, -0.15) is 4.79 Å². The Morgan fingerprint density at radius 1 is 1.07 bits per heavy atom. The van der Waals surface area contributed by atoms with E-state index in [4.69, 9.17) is 0 Å². The van der Waals surface area contributed by atoms with Gasteiger partial charge in [-0.15, -0.1) is 0 Å². The summed E-state index contributed by atoms with van der Waals surface area (Å²) in [6.45, 7) is 13.8. The number of esters is 1. The van der Waals surface area contributed by atoms with Crippen molar-refractivity contribution in [1.29, 1.82) is 0 Å². The zero-order valence-corrected chi connectivity index (χ0v) is 19.4. The van der Waals surface area contributed by atoms with Crippen molar-refractivity contribution < 1.29 is 19.1 Å². The molecule has 0 heterocycles. The van der Waals surface area contributed by atoms with Crippen LogP contribution in [0.15, 0.2) is 30.3 Å². The molecular formula is C19H31N3O3Si2. The normalized spacial score (nSPS) is 11.7. The number of hydrogen-bond acceptors (Lipinski definition) is 3. The molecule has 0 unspecified atom stereocenters. The van der Waals surface area contributed by atoms with Crippen molar-refractivity contribution in [2.24, 2.45) is 0 Å². The third-order valence-electron chi connectivity index (χ3n) is 4.38. The summed E-state index contributed by atoms with van der Waals surface area (Å²) in [5, 5.41) is 0.0719. The van der Waals surface area contributed by atoms with Crippen molar-refractivity contribution in [3.05, 3.63) is 41.4 Å². The van der Waals surface area contributed by atoms with Crippen LogP contribution in [0.5, 0.6) is 0 Å². The second kappa shape index (κ2) is 9.26. The molecule has 0 fully saturated rings. The van der Waals surface area contributed by atoms with Gasteiger partial charge in [-0.25, -0.2) is 4.79 Å². The molecule has 8 heteroatoms. The van der Waals surface area contributed by atoms with E-state index in [2.05, 4.69) is 48.8 Å². The van der Waals surface area contributed by atoms with Gasteiger partial charge in [0.25, 0.3) is 0 Å². The van der Waals surface area contributed by atoms with E-state index < -0.39 is 33.7 Å². The van der Waals surface area contributed by atoms with Crippen LogP contribution >= 0.6 is 0 Å². The molecular weight excluding hydrogens is 374 g/mol. The van der Waals surface area contributed by atoms with Crippen LogP contribution in [-0.4, -0.2) is 62.4 Å². The fourth-order valence-electron chi connectivity index (χ4n) is 3.88. The Morgan fingerprint density at radius 2 is 1.59 bits per heavy atom. The number of carbonyl (C=O) groups is 2. The van der Waals surface area contributed by atoms with E-state index in [1.165, 1.54) is 7.11 Å². The van der Waals surface area contributed by atoms with E-state index in [-0.39, 0.29) is 5.29 Å². The summed E-state index contributed by atoms with van der Waals surface area (Å²) in [7, 11) is -2.45. The highest BCUT2D eigenvalue weighted by Gasteiger charge is 2.47. The van der Waals surface area contributed by atoms with E-state index in [1.807, 2.05) is 30.3 Å².